The van der Waals surface area contributed by atoms with Crippen molar-refractivity contribution < 1.29 is 19.4 Å². The molecule has 8 nitrogen and oxygen atoms in total. The quantitative estimate of drug-likeness (QED) is 0.502. The third-order valence-electron chi connectivity index (χ3n) is 6.26. The Morgan fingerprint density at radius 1 is 1.09 bits per heavy atom. The normalized spacial score (nSPS) is 15.1. The van der Waals surface area contributed by atoms with Crippen LogP contribution in [0.15, 0.2) is 60.8 Å². The van der Waals surface area contributed by atoms with Crippen LogP contribution in [-0.2, 0) is 9.53 Å². The number of aromatic nitrogens is 2. The lowest BCUT2D eigenvalue weighted by Gasteiger charge is -2.33. The number of aryl methyl sites for hydroxylation is 1. The number of hydrogen-bond acceptors (Lipinski definition) is 5. The number of carbonyl (C=O) groups excluding carboxylic acids is 1. The molecule has 1 unspecified atom stereocenters. The van der Waals surface area contributed by atoms with Gasteiger partial charge in [-0.2, -0.15) is 5.10 Å². The van der Waals surface area contributed by atoms with Gasteiger partial charge in [0.1, 0.15) is 11.9 Å². The van der Waals surface area contributed by atoms with E-state index < -0.39 is 12.1 Å². The van der Waals surface area contributed by atoms with Crippen molar-refractivity contribution in [2.75, 3.05) is 23.3 Å². The molecule has 2 aromatic carbocycles. The summed E-state index contributed by atoms with van der Waals surface area (Å²) in [7, 11) is 0. The zero-order chi connectivity index (χ0) is 24.1. The van der Waals surface area contributed by atoms with Crippen LogP contribution in [0.25, 0.3) is 5.69 Å². The van der Waals surface area contributed by atoms with E-state index in [1.807, 2.05) is 68.4 Å². The van der Waals surface area contributed by atoms with Crippen LogP contribution in [0.1, 0.15) is 43.4 Å². The van der Waals surface area contributed by atoms with Crippen LogP contribution in [0.4, 0.5) is 16.3 Å². The van der Waals surface area contributed by atoms with E-state index in [1.54, 1.807) is 10.9 Å². The molecule has 1 aromatic heterocycles. The molecule has 1 aliphatic rings. The van der Waals surface area contributed by atoms with Gasteiger partial charge in [-0.1, -0.05) is 30.3 Å². The van der Waals surface area contributed by atoms with Crippen molar-refractivity contribution in [3.63, 3.8) is 0 Å². The highest BCUT2D eigenvalue weighted by Crippen LogP contribution is 2.27. The van der Waals surface area contributed by atoms with Gasteiger partial charge in [-0.3, -0.25) is 10.1 Å². The summed E-state index contributed by atoms with van der Waals surface area (Å²) in [6.07, 6.45) is 2.79. The second-order valence-electron chi connectivity index (χ2n) is 8.72. The molecular formula is C26H30N4O4. The van der Waals surface area contributed by atoms with Gasteiger partial charge in [0.25, 0.3) is 0 Å². The molecule has 1 fully saturated rings. The maximum Gasteiger partial charge on any atom is 0.413 e. The van der Waals surface area contributed by atoms with Gasteiger partial charge in [0.05, 0.1) is 11.9 Å². The van der Waals surface area contributed by atoms with Gasteiger partial charge in [-0.15, -0.1) is 0 Å². The van der Waals surface area contributed by atoms with Crippen LogP contribution < -0.4 is 10.2 Å². The number of piperidine rings is 1. The van der Waals surface area contributed by atoms with E-state index in [4.69, 9.17) is 9.84 Å². The number of hydrogen-bond donors (Lipinski definition) is 2. The number of carbonyl (C=O) groups is 2. The van der Waals surface area contributed by atoms with E-state index in [0.29, 0.717) is 5.82 Å². The summed E-state index contributed by atoms with van der Waals surface area (Å²) in [6.45, 7) is 5.41. The summed E-state index contributed by atoms with van der Waals surface area (Å²) in [5.74, 6) is 0.0886. The van der Waals surface area contributed by atoms with Gasteiger partial charge < -0.3 is 14.7 Å². The Morgan fingerprint density at radius 3 is 2.38 bits per heavy atom. The second kappa shape index (κ2) is 10.4. The van der Waals surface area contributed by atoms with Gasteiger partial charge in [-0.25, -0.2) is 9.48 Å². The smallest absolute Gasteiger partial charge is 0.413 e. The predicted octanol–water partition coefficient (Wildman–Crippen LogP) is 5.18. The van der Waals surface area contributed by atoms with E-state index in [-0.39, 0.29) is 18.4 Å². The van der Waals surface area contributed by atoms with Crippen molar-refractivity contribution in [1.29, 1.82) is 0 Å². The molecule has 178 valence electrons. The van der Waals surface area contributed by atoms with Gasteiger partial charge in [0.15, 0.2) is 0 Å². The fraction of sp³-hybridized carbons (Fsp3) is 0.346. The second-order valence-corrected chi connectivity index (χ2v) is 8.72. The van der Waals surface area contributed by atoms with Crippen LogP contribution in [0.2, 0.25) is 0 Å². The molecule has 1 amide bonds. The molecule has 3 aromatic rings. The largest absolute Gasteiger partial charge is 0.481 e. The lowest BCUT2D eigenvalue weighted by atomic mass is 9.93. The van der Waals surface area contributed by atoms with Gasteiger partial charge >= 0.3 is 12.1 Å². The highest BCUT2D eigenvalue weighted by atomic mass is 16.6. The molecule has 0 radical (unpaired) electrons. The Morgan fingerprint density at radius 2 is 1.74 bits per heavy atom. The van der Waals surface area contributed by atoms with Crippen molar-refractivity contribution in [1.82, 2.24) is 9.78 Å². The maximum absolute atomic E-state index is 12.6. The van der Waals surface area contributed by atoms with Crippen molar-refractivity contribution in [3.8, 4) is 5.69 Å². The number of anilines is 2. The van der Waals surface area contributed by atoms with E-state index in [2.05, 4.69) is 15.3 Å². The number of carboxylic acids is 1. The molecule has 1 aliphatic heterocycles. The number of aliphatic carboxylic acids is 1. The third kappa shape index (κ3) is 5.57. The van der Waals surface area contributed by atoms with E-state index in [1.165, 1.54) is 0 Å². The summed E-state index contributed by atoms with van der Waals surface area (Å²) >= 11 is 0. The number of nitrogens with one attached hydrogen (secondary N) is 1. The predicted molar refractivity (Wildman–Crippen MR) is 130 cm³/mol. The number of benzene rings is 2. The van der Waals surface area contributed by atoms with Crippen molar-refractivity contribution in [2.24, 2.45) is 5.92 Å². The molecule has 1 saturated heterocycles. The average molecular weight is 463 g/mol. The number of amides is 1. The number of carboxylic acid groups (broad SMARTS) is 1. The Bertz CT molecular complexity index is 1120. The molecule has 0 spiro atoms. The van der Waals surface area contributed by atoms with E-state index >= 15 is 0 Å². The topological polar surface area (TPSA) is 96.7 Å². The average Bonchev–Trinajstić information content (AvgIpc) is 3.19. The first-order chi connectivity index (χ1) is 16.4. The lowest BCUT2D eigenvalue weighted by molar-refractivity contribution is -0.138. The van der Waals surface area contributed by atoms with Crippen molar-refractivity contribution >= 4 is 23.6 Å². The highest BCUT2D eigenvalue weighted by Gasteiger charge is 2.22. The third-order valence-corrected chi connectivity index (χ3v) is 6.26. The molecule has 2 N–H and O–H groups in total. The van der Waals surface area contributed by atoms with E-state index in [9.17, 15) is 9.59 Å². The summed E-state index contributed by atoms with van der Waals surface area (Å²) < 4.78 is 7.24. The molecule has 34 heavy (non-hydrogen) atoms. The number of rotatable bonds is 7. The van der Waals surface area contributed by atoms with E-state index in [0.717, 1.165) is 48.4 Å². The zero-order valence-corrected chi connectivity index (χ0v) is 19.5. The Hall–Kier alpha value is -3.81. The van der Waals surface area contributed by atoms with Gasteiger partial charge in [0.2, 0.25) is 0 Å². The standard InChI is InChI=1S/C26H30N4O4/c1-18-17-27-30(25(18)28-26(33)34-19(2)21-6-4-3-5-7-21)23-10-8-22(9-11-23)29-14-12-20(13-15-29)16-24(31)32/h3-11,17,19-20H,12-16H2,1-2H3,(H,28,33)(H,31,32). The lowest BCUT2D eigenvalue weighted by Crippen LogP contribution is -2.34. The minimum absolute atomic E-state index is 0.244. The molecule has 4 rings (SSSR count). The number of nitrogens with zero attached hydrogens (tertiary/aromatic N) is 3. The molecule has 1 atom stereocenters. The molecule has 0 saturated carbocycles. The molecular weight excluding hydrogens is 432 g/mol. The fourth-order valence-corrected chi connectivity index (χ4v) is 4.30. The minimum atomic E-state index is -0.722. The molecule has 8 heteroatoms. The van der Waals surface area contributed by atoms with Crippen LogP contribution >= 0.6 is 0 Å². The molecule has 0 aliphatic carbocycles. The summed E-state index contributed by atoms with van der Waals surface area (Å²) in [5.41, 5.74) is 3.66. The molecule has 0 bridgehead atoms. The van der Waals surface area contributed by atoms with Crippen LogP contribution in [0, 0.1) is 12.8 Å². The van der Waals surface area contributed by atoms with Crippen LogP contribution in [0.3, 0.4) is 0 Å². The fourth-order valence-electron chi connectivity index (χ4n) is 4.30. The monoisotopic (exact) mass is 462 g/mol. The first kappa shape index (κ1) is 23.4. The Labute approximate surface area is 199 Å². The van der Waals surface area contributed by atoms with Crippen LogP contribution in [-0.4, -0.2) is 40.0 Å². The van der Waals surface area contributed by atoms with Crippen molar-refractivity contribution in [3.05, 3.63) is 71.9 Å². The first-order valence-corrected chi connectivity index (χ1v) is 11.5. The summed E-state index contributed by atoms with van der Waals surface area (Å²) in [4.78, 5) is 25.8. The zero-order valence-electron chi connectivity index (χ0n) is 19.5. The Kier molecular flexibility index (Phi) is 7.15. The van der Waals surface area contributed by atoms with Gasteiger partial charge in [0, 0.05) is 30.8 Å². The minimum Gasteiger partial charge on any atom is -0.481 e. The van der Waals surface area contributed by atoms with Crippen molar-refractivity contribution in [2.45, 2.75) is 39.2 Å². The summed E-state index contributed by atoms with van der Waals surface area (Å²) in [6, 6.07) is 17.6. The highest BCUT2D eigenvalue weighted by molar-refractivity contribution is 5.85. The van der Waals surface area contributed by atoms with Crippen LogP contribution in [0.5, 0.6) is 0 Å². The number of ether oxygens (including phenoxy) is 1. The first-order valence-electron chi connectivity index (χ1n) is 11.5. The summed E-state index contributed by atoms with van der Waals surface area (Å²) in [5, 5.41) is 16.3. The Balaban J connectivity index is 1.40. The SMILES string of the molecule is Cc1cnn(-c2ccc(N3CCC(CC(=O)O)CC3)cc2)c1NC(=O)OC(C)c1ccccc1. The van der Waals surface area contributed by atoms with Gasteiger partial charge in [-0.05, 0) is 62.4 Å². The molecule has 2 heterocycles. The maximum atomic E-state index is 12.6.